The number of carbonyl (C=O) groups excluding carboxylic acids is 2. The van der Waals surface area contributed by atoms with E-state index in [0.717, 1.165) is 23.8 Å². The number of benzene rings is 1. The van der Waals surface area contributed by atoms with E-state index in [0.29, 0.717) is 17.8 Å². The summed E-state index contributed by atoms with van der Waals surface area (Å²) in [5.41, 5.74) is 5.53. The van der Waals surface area contributed by atoms with Gasteiger partial charge in [-0.3, -0.25) is 20.4 Å². The zero-order valence-electron chi connectivity index (χ0n) is 14.4. The molecule has 1 atom stereocenters. The van der Waals surface area contributed by atoms with Gasteiger partial charge in [-0.2, -0.15) is 0 Å². The van der Waals surface area contributed by atoms with Gasteiger partial charge in [0.25, 0.3) is 5.91 Å². The summed E-state index contributed by atoms with van der Waals surface area (Å²) in [6.07, 6.45) is 6.34. The van der Waals surface area contributed by atoms with Crippen molar-refractivity contribution < 1.29 is 18.7 Å². The summed E-state index contributed by atoms with van der Waals surface area (Å²) >= 11 is 0. The van der Waals surface area contributed by atoms with Gasteiger partial charge < -0.3 is 9.15 Å². The van der Waals surface area contributed by atoms with Crippen LogP contribution in [0, 0.1) is 12.8 Å². The molecule has 1 unspecified atom stereocenters. The minimum Gasteiger partial charge on any atom is -0.484 e. The highest BCUT2D eigenvalue weighted by atomic mass is 16.5. The smallest absolute Gasteiger partial charge is 0.336 e. The number of hydrogen-bond donors (Lipinski definition) is 2. The molecule has 1 aromatic heterocycles. The van der Waals surface area contributed by atoms with Crippen LogP contribution in [0.2, 0.25) is 0 Å². The van der Waals surface area contributed by atoms with E-state index in [-0.39, 0.29) is 18.4 Å². The van der Waals surface area contributed by atoms with Crippen molar-refractivity contribution in [3.63, 3.8) is 0 Å². The zero-order chi connectivity index (χ0) is 18.5. The van der Waals surface area contributed by atoms with Crippen molar-refractivity contribution in [1.29, 1.82) is 0 Å². The molecule has 0 spiro atoms. The van der Waals surface area contributed by atoms with Crippen LogP contribution in [0.4, 0.5) is 0 Å². The lowest BCUT2D eigenvalue weighted by atomic mass is 9.94. The number of ether oxygens (including phenoxy) is 1. The molecule has 0 radical (unpaired) electrons. The van der Waals surface area contributed by atoms with E-state index in [4.69, 9.17) is 9.15 Å². The fourth-order valence-electron chi connectivity index (χ4n) is 2.85. The second kappa shape index (κ2) is 7.86. The lowest BCUT2D eigenvalue weighted by Crippen LogP contribution is -2.46. The predicted molar refractivity (Wildman–Crippen MR) is 95.5 cm³/mol. The summed E-state index contributed by atoms with van der Waals surface area (Å²) in [6, 6.07) is 6.43. The van der Waals surface area contributed by atoms with E-state index in [1.807, 2.05) is 19.1 Å². The molecule has 0 bridgehead atoms. The first kappa shape index (κ1) is 17.7. The Hall–Kier alpha value is -3.09. The van der Waals surface area contributed by atoms with E-state index in [2.05, 4.69) is 10.9 Å². The first-order chi connectivity index (χ1) is 12.5. The maximum absolute atomic E-state index is 11.9. The molecule has 2 aromatic rings. The van der Waals surface area contributed by atoms with E-state index in [9.17, 15) is 14.4 Å². The Labute approximate surface area is 150 Å². The van der Waals surface area contributed by atoms with E-state index in [1.165, 1.54) is 6.07 Å². The summed E-state index contributed by atoms with van der Waals surface area (Å²) in [7, 11) is 0. The Kier molecular flexibility index (Phi) is 5.36. The van der Waals surface area contributed by atoms with Gasteiger partial charge in [0.2, 0.25) is 5.91 Å². The molecule has 0 saturated carbocycles. The van der Waals surface area contributed by atoms with Crippen LogP contribution >= 0.6 is 0 Å². The van der Waals surface area contributed by atoms with Gasteiger partial charge in [-0.25, -0.2) is 4.79 Å². The Morgan fingerprint density at radius 3 is 2.85 bits per heavy atom. The number of carbonyl (C=O) groups is 2. The summed E-state index contributed by atoms with van der Waals surface area (Å²) in [5, 5.41) is 0.801. The van der Waals surface area contributed by atoms with Crippen LogP contribution < -0.4 is 21.2 Å². The number of amides is 2. The molecule has 0 saturated heterocycles. The molecule has 0 fully saturated rings. The van der Waals surface area contributed by atoms with Gasteiger partial charge in [0.05, 0.1) is 0 Å². The average molecular weight is 356 g/mol. The van der Waals surface area contributed by atoms with Crippen molar-refractivity contribution in [3.8, 4) is 5.75 Å². The molecule has 2 N–H and O–H groups in total. The molecule has 1 aliphatic rings. The van der Waals surface area contributed by atoms with Gasteiger partial charge in [0.1, 0.15) is 11.3 Å². The molecule has 2 amide bonds. The lowest BCUT2D eigenvalue weighted by molar-refractivity contribution is -0.132. The van der Waals surface area contributed by atoms with Gasteiger partial charge in [-0.05, 0) is 43.9 Å². The summed E-state index contributed by atoms with van der Waals surface area (Å²) in [5.74, 6) is -0.404. The minimum absolute atomic E-state index is 0.118. The van der Waals surface area contributed by atoms with Crippen molar-refractivity contribution in [1.82, 2.24) is 10.9 Å². The largest absolute Gasteiger partial charge is 0.484 e. The number of aryl methyl sites for hydroxylation is 1. The molecule has 7 nitrogen and oxygen atoms in total. The van der Waals surface area contributed by atoms with Crippen LogP contribution in [-0.4, -0.2) is 18.4 Å². The second-order valence-electron chi connectivity index (χ2n) is 6.21. The first-order valence-corrected chi connectivity index (χ1v) is 8.44. The molecule has 1 heterocycles. The Bertz CT molecular complexity index is 916. The fraction of sp³-hybridized carbons (Fsp3) is 0.316. The van der Waals surface area contributed by atoms with Crippen molar-refractivity contribution in [2.75, 3.05) is 6.61 Å². The number of hydrogen-bond acceptors (Lipinski definition) is 5. The maximum Gasteiger partial charge on any atom is 0.336 e. The molecular weight excluding hydrogens is 336 g/mol. The Balaban J connectivity index is 1.52. The minimum atomic E-state index is -0.476. The highest BCUT2D eigenvalue weighted by molar-refractivity contribution is 5.84. The van der Waals surface area contributed by atoms with Crippen LogP contribution in [-0.2, 0) is 9.59 Å². The van der Waals surface area contributed by atoms with Gasteiger partial charge >= 0.3 is 5.63 Å². The van der Waals surface area contributed by atoms with Crippen molar-refractivity contribution in [3.05, 3.63) is 52.4 Å². The van der Waals surface area contributed by atoms with Crippen molar-refractivity contribution >= 4 is 22.8 Å². The van der Waals surface area contributed by atoms with Gasteiger partial charge in [0, 0.05) is 23.4 Å². The molecule has 7 heteroatoms. The predicted octanol–water partition coefficient (Wildman–Crippen LogP) is 1.98. The fourth-order valence-corrected chi connectivity index (χ4v) is 2.85. The number of hydrazine groups is 1. The highest BCUT2D eigenvalue weighted by Crippen LogP contribution is 2.22. The third-order valence-electron chi connectivity index (χ3n) is 4.26. The Morgan fingerprint density at radius 2 is 2.08 bits per heavy atom. The topological polar surface area (TPSA) is 97.6 Å². The number of allylic oxidation sites excluding steroid dienone is 2. The molecule has 3 rings (SSSR count). The van der Waals surface area contributed by atoms with Crippen LogP contribution in [0.15, 0.2) is 45.6 Å². The zero-order valence-corrected chi connectivity index (χ0v) is 14.4. The number of rotatable bonds is 4. The molecule has 0 aliphatic heterocycles. The van der Waals surface area contributed by atoms with Crippen molar-refractivity contribution in [2.45, 2.75) is 26.2 Å². The van der Waals surface area contributed by atoms with E-state index < -0.39 is 11.5 Å². The highest BCUT2D eigenvalue weighted by Gasteiger charge is 2.19. The Morgan fingerprint density at radius 1 is 1.23 bits per heavy atom. The quantitative estimate of drug-likeness (QED) is 0.496. The third kappa shape index (κ3) is 4.30. The van der Waals surface area contributed by atoms with Gasteiger partial charge in [-0.15, -0.1) is 0 Å². The van der Waals surface area contributed by atoms with Gasteiger partial charge in [0.15, 0.2) is 6.61 Å². The van der Waals surface area contributed by atoms with Gasteiger partial charge in [-0.1, -0.05) is 12.2 Å². The van der Waals surface area contributed by atoms with E-state index in [1.54, 1.807) is 18.2 Å². The SMILES string of the molecule is Cc1cc(=O)oc2cc(OCC(=O)NNC(=O)C3CC=CCC3)ccc12. The van der Waals surface area contributed by atoms with Crippen molar-refractivity contribution in [2.24, 2.45) is 5.92 Å². The van der Waals surface area contributed by atoms with Crippen LogP contribution in [0.5, 0.6) is 5.75 Å². The monoisotopic (exact) mass is 356 g/mol. The summed E-state index contributed by atoms with van der Waals surface area (Å²) in [6.45, 7) is 1.55. The van der Waals surface area contributed by atoms with Crippen LogP contribution in [0.25, 0.3) is 11.0 Å². The summed E-state index contributed by atoms with van der Waals surface area (Å²) < 4.78 is 10.5. The van der Waals surface area contributed by atoms with Crippen LogP contribution in [0.1, 0.15) is 24.8 Å². The van der Waals surface area contributed by atoms with E-state index >= 15 is 0 Å². The molecule has 1 aliphatic carbocycles. The molecule has 136 valence electrons. The lowest BCUT2D eigenvalue weighted by Gasteiger charge is -2.17. The first-order valence-electron chi connectivity index (χ1n) is 8.44. The van der Waals surface area contributed by atoms with Crippen LogP contribution in [0.3, 0.4) is 0 Å². The molecular formula is C19H20N2O5. The standard InChI is InChI=1S/C19H20N2O5/c1-12-9-18(23)26-16-10-14(7-8-15(12)16)25-11-17(22)20-21-19(24)13-5-3-2-4-6-13/h2-3,7-10,13H,4-6,11H2,1H3,(H,20,22)(H,21,24). The number of fused-ring (bicyclic) bond motifs is 1. The maximum atomic E-state index is 11.9. The second-order valence-corrected chi connectivity index (χ2v) is 6.21. The normalized spacial score (nSPS) is 16.3. The number of nitrogens with one attached hydrogen (secondary N) is 2. The average Bonchev–Trinajstić information content (AvgIpc) is 2.64. The third-order valence-corrected chi connectivity index (χ3v) is 4.26. The molecule has 26 heavy (non-hydrogen) atoms. The summed E-state index contributed by atoms with van der Waals surface area (Å²) in [4.78, 5) is 35.2. The molecule has 1 aromatic carbocycles.